The predicted octanol–water partition coefficient (Wildman–Crippen LogP) is 3.00. The molecule has 1 heterocycles. The predicted molar refractivity (Wildman–Crippen MR) is 69.5 cm³/mol. The monoisotopic (exact) mass is 267 g/mol. The average Bonchev–Trinajstić information content (AvgIpc) is 2.96. The quantitative estimate of drug-likeness (QED) is 0.887. The van der Waals surface area contributed by atoms with Crippen LogP contribution in [0.2, 0.25) is 0 Å². The van der Waals surface area contributed by atoms with Crippen LogP contribution in [-0.2, 0) is 11.2 Å². The standard InChI is InChI=1S/C14H21NO4/c1-14(2,18-3)8-10-11(13(16)17)12(19-15-10)9-6-4-5-7-9/h9H,4-8H2,1-3H3,(H,16,17). The van der Waals surface area contributed by atoms with Gasteiger partial charge >= 0.3 is 5.97 Å². The number of nitrogens with zero attached hydrogens (tertiary/aromatic N) is 1. The molecule has 1 saturated carbocycles. The van der Waals surface area contributed by atoms with Crippen molar-refractivity contribution in [2.75, 3.05) is 7.11 Å². The molecule has 5 heteroatoms. The number of carboxylic acid groups (broad SMARTS) is 1. The third kappa shape index (κ3) is 2.97. The van der Waals surface area contributed by atoms with Crippen molar-refractivity contribution in [3.8, 4) is 0 Å². The summed E-state index contributed by atoms with van der Waals surface area (Å²) in [5, 5.41) is 13.4. The molecule has 0 bridgehead atoms. The van der Waals surface area contributed by atoms with Gasteiger partial charge in [0.25, 0.3) is 0 Å². The molecule has 0 aliphatic heterocycles. The van der Waals surface area contributed by atoms with Crippen LogP contribution in [0.25, 0.3) is 0 Å². The van der Waals surface area contributed by atoms with Gasteiger partial charge in [-0.3, -0.25) is 0 Å². The second kappa shape index (κ2) is 5.33. The lowest BCUT2D eigenvalue weighted by molar-refractivity contribution is 0.0216. The van der Waals surface area contributed by atoms with Crippen molar-refractivity contribution in [3.63, 3.8) is 0 Å². The van der Waals surface area contributed by atoms with Crippen LogP contribution in [0.1, 0.15) is 67.3 Å². The molecule has 0 atom stereocenters. The molecule has 0 unspecified atom stereocenters. The molecular weight excluding hydrogens is 246 g/mol. The third-order valence-corrected chi connectivity index (χ3v) is 3.87. The minimum atomic E-state index is -0.954. The molecule has 106 valence electrons. The Morgan fingerprint density at radius 3 is 2.63 bits per heavy atom. The number of rotatable bonds is 5. The average molecular weight is 267 g/mol. The van der Waals surface area contributed by atoms with Gasteiger partial charge in [0.15, 0.2) is 5.76 Å². The summed E-state index contributed by atoms with van der Waals surface area (Å²) in [5.74, 6) is -0.199. The molecule has 0 aromatic carbocycles. The second-order valence-corrected chi connectivity index (χ2v) is 5.80. The first kappa shape index (κ1) is 14.1. The number of carboxylic acids is 1. The van der Waals surface area contributed by atoms with Crippen LogP contribution in [0.5, 0.6) is 0 Å². The largest absolute Gasteiger partial charge is 0.477 e. The SMILES string of the molecule is COC(C)(C)Cc1noc(C2CCCC2)c1C(=O)O. The highest BCUT2D eigenvalue weighted by Crippen LogP contribution is 2.37. The van der Waals surface area contributed by atoms with E-state index in [1.54, 1.807) is 7.11 Å². The molecule has 1 aliphatic rings. The molecule has 0 amide bonds. The number of aromatic carboxylic acids is 1. The van der Waals surface area contributed by atoms with Crippen molar-refractivity contribution in [1.82, 2.24) is 5.16 Å². The van der Waals surface area contributed by atoms with Gasteiger partial charge in [-0.1, -0.05) is 18.0 Å². The summed E-state index contributed by atoms with van der Waals surface area (Å²) < 4.78 is 10.7. The zero-order valence-corrected chi connectivity index (χ0v) is 11.7. The summed E-state index contributed by atoms with van der Waals surface area (Å²) in [4.78, 5) is 11.5. The highest BCUT2D eigenvalue weighted by molar-refractivity contribution is 5.90. The number of carbonyl (C=O) groups is 1. The fourth-order valence-electron chi connectivity index (χ4n) is 2.63. The normalized spacial score (nSPS) is 17.0. The molecule has 5 nitrogen and oxygen atoms in total. The van der Waals surface area contributed by atoms with Crippen molar-refractivity contribution >= 4 is 5.97 Å². The summed E-state index contributed by atoms with van der Waals surface area (Å²) >= 11 is 0. The molecule has 1 aromatic heterocycles. The lowest BCUT2D eigenvalue weighted by Crippen LogP contribution is -2.26. The maximum atomic E-state index is 11.5. The Bertz CT molecular complexity index is 458. The van der Waals surface area contributed by atoms with Crippen molar-refractivity contribution < 1.29 is 19.2 Å². The highest BCUT2D eigenvalue weighted by Gasteiger charge is 2.32. The first-order valence-corrected chi connectivity index (χ1v) is 6.71. The van der Waals surface area contributed by atoms with Crippen LogP contribution in [0.3, 0.4) is 0 Å². The Hall–Kier alpha value is -1.36. The van der Waals surface area contributed by atoms with Crippen molar-refractivity contribution in [2.45, 2.75) is 57.5 Å². The fraction of sp³-hybridized carbons (Fsp3) is 0.714. The van der Waals surface area contributed by atoms with Crippen LogP contribution in [0, 0.1) is 0 Å². The maximum absolute atomic E-state index is 11.5. The van der Waals surface area contributed by atoms with Gasteiger partial charge in [-0.05, 0) is 26.7 Å². The third-order valence-electron chi connectivity index (χ3n) is 3.87. The van der Waals surface area contributed by atoms with Gasteiger partial charge in [0.05, 0.1) is 5.60 Å². The zero-order valence-electron chi connectivity index (χ0n) is 11.7. The van der Waals surface area contributed by atoms with Crippen LogP contribution < -0.4 is 0 Å². The molecule has 1 aromatic rings. The lowest BCUT2D eigenvalue weighted by atomic mass is 9.95. The van der Waals surface area contributed by atoms with E-state index in [9.17, 15) is 9.90 Å². The Labute approximate surface area is 112 Å². The molecule has 19 heavy (non-hydrogen) atoms. The maximum Gasteiger partial charge on any atom is 0.341 e. The van der Waals surface area contributed by atoms with Gasteiger partial charge in [0, 0.05) is 19.4 Å². The van der Waals surface area contributed by atoms with Crippen LogP contribution in [0.4, 0.5) is 0 Å². The summed E-state index contributed by atoms with van der Waals surface area (Å²) in [7, 11) is 1.61. The molecule has 0 saturated heterocycles. The Balaban J connectivity index is 2.31. The number of hydrogen-bond acceptors (Lipinski definition) is 4. The first-order chi connectivity index (χ1) is 8.94. The Morgan fingerprint density at radius 1 is 1.47 bits per heavy atom. The molecular formula is C14H21NO4. The van der Waals surface area contributed by atoms with E-state index in [0.717, 1.165) is 25.7 Å². The van der Waals surface area contributed by atoms with E-state index < -0.39 is 11.6 Å². The van der Waals surface area contributed by atoms with E-state index >= 15 is 0 Å². The van der Waals surface area contributed by atoms with E-state index in [1.165, 1.54) is 0 Å². The van der Waals surface area contributed by atoms with Crippen LogP contribution >= 0.6 is 0 Å². The van der Waals surface area contributed by atoms with Crippen molar-refractivity contribution in [3.05, 3.63) is 17.0 Å². The number of ether oxygens (including phenoxy) is 1. The van der Waals surface area contributed by atoms with E-state index in [0.29, 0.717) is 17.9 Å². The fourth-order valence-corrected chi connectivity index (χ4v) is 2.63. The van der Waals surface area contributed by atoms with Crippen molar-refractivity contribution in [1.29, 1.82) is 0 Å². The van der Waals surface area contributed by atoms with Gasteiger partial charge in [-0.15, -0.1) is 0 Å². The topological polar surface area (TPSA) is 72.6 Å². The van der Waals surface area contributed by atoms with E-state index in [-0.39, 0.29) is 11.5 Å². The summed E-state index contributed by atoms with van der Waals surface area (Å²) in [5.41, 5.74) is 0.284. The summed E-state index contributed by atoms with van der Waals surface area (Å²) in [6.07, 6.45) is 4.67. The number of methoxy groups -OCH3 is 1. The van der Waals surface area contributed by atoms with Crippen molar-refractivity contribution in [2.24, 2.45) is 0 Å². The molecule has 1 fully saturated rings. The van der Waals surface area contributed by atoms with E-state index in [2.05, 4.69) is 5.16 Å². The highest BCUT2D eigenvalue weighted by atomic mass is 16.5. The van der Waals surface area contributed by atoms with Gasteiger partial charge in [0.1, 0.15) is 11.3 Å². The van der Waals surface area contributed by atoms with Crippen LogP contribution in [0.15, 0.2) is 4.52 Å². The minimum Gasteiger partial charge on any atom is -0.477 e. The van der Waals surface area contributed by atoms with E-state index in [4.69, 9.17) is 9.26 Å². The lowest BCUT2D eigenvalue weighted by Gasteiger charge is -2.21. The van der Waals surface area contributed by atoms with Gasteiger partial charge in [-0.25, -0.2) is 4.79 Å². The van der Waals surface area contributed by atoms with Gasteiger partial charge in [0.2, 0.25) is 0 Å². The van der Waals surface area contributed by atoms with E-state index in [1.807, 2.05) is 13.8 Å². The summed E-state index contributed by atoms with van der Waals surface area (Å²) in [6.45, 7) is 3.81. The number of aromatic nitrogens is 1. The molecule has 1 aliphatic carbocycles. The molecule has 2 rings (SSSR count). The molecule has 1 N–H and O–H groups in total. The number of hydrogen-bond donors (Lipinski definition) is 1. The molecule has 0 radical (unpaired) electrons. The Morgan fingerprint density at radius 2 is 2.11 bits per heavy atom. The molecule has 0 spiro atoms. The summed E-state index contributed by atoms with van der Waals surface area (Å²) in [6, 6.07) is 0. The zero-order chi connectivity index (χ0) is 14.0. The van der Waals surface area contributed by atoms with Crippen LogP contribution in [-0.4, -0.2) is 28.9 Å². The van der Waals surface area contributed by atoms with Gasteiger partial charge < -0.3 is 14.4 Å². The Kier molecular flexibility index (Phi) is 3.94. The van der Waals surface area contributed by atoms with Gasteiger partial charge in [-0.2, -0.15) is 0 Å². The first-order valence-electron chi connectivity index (χ1n) is 6.71. The second-order valence-electron chi connectivity index (χ2n) is 5.80. The smallest absolute Gasteiger partial charge is 0.341 e. The minimum absolute atomic E-state index is 0.206.